The molecule has 1 aromatic heterocycles. The van der Waals surface area contributed by atoms with Crippen molar-refractivity contribution in [1.82, 2.24) is 25.0 Å². The van der Waals surface area contributed by atoms with Crippen LogP contribution < -0.4 is 5.32 Å². The van der Waals surface area contributed by atoms with Crippen molar-refractivity contribution in [3.63, 3.8) is 0 Å². The second-order valence-electron chi connectivity index (χ2n) is 7.78. The Labute approximate surface area is 161 Å². The highest BCUT2D eigenvalue weighted by Crippen LogP contribution is 2.29. The number of hydrogen-bond acceptors (Lipinski definition) is 3. The van der Waals surface area contributed by atoms with Crippen molar-refractivity contribution in [1.29, 1.82) is 0 Å². The molecule has 0 bridgehead atoms. The van der Waals surface area contributed by atoms with Crippen LogP contribution in [0.2, 0.25) is 0 Å². The van der Waals surface area contributed by atoms with E-state index in [0.717, 1.165) is 56.1 Å². The van der Waals surface area contributed by atoms with E-state index in [0.29, 0.717) is 5.92 Å². The van der Waals surface area contributed by atoms with Crippen LogP contribution in [0.25, 0.3) is 0 Å². The highest BCUT2D eigenvalue weighted by atomic mass is 16.2. The van der Waals surface area contributed by atoms with Crippen molar-refractivity contribution in [2.45, 2.75) is 64.0 Å². The first kappa shape index (κ1) is 18.0. The summed E-state index contributed by atoms with van der Waals surface area (Å²) in [5, 5.41) is 12.1. The van der Waals surface area contributed by atoms with E-state index in [2.05, 4.69) is 20.1 Å². The van der Waals surface area contributed by atoms with E-state index in [9.17, 15) is 4.79 Å². The van der Waals surface area contributed by atoms with Crippen molar-refractivity contribution >= 4 is 6.03 Å². The van der Waals surface area contributed by atoms with E-state index in [1.807, 2.05) is 42.2 Å². The molecule has 1 aromatic carbocycles. The molecule has 1 fully saturated rings. The number of piperidine rings is 1. The molecular weight excluding hydrogens is 338 g/mol. The number of urea groups is 1. The van der Waals surface area contributed by atoms with Gasteiger partial charge in [-0.15, -0.1) is 10.2 Å². The van der Waals surface area contributed by atoms with Crippen molar-refractivity contribution in [3.8, 4) is 0 Å². The molecule has 2 aliphatic heterocycles. The molecule has 1 saturated heterocycles. The van der Waals surface area contributed by atoms with E-state index >= 15 is 0 Å². The number of likely N-dealkylation sites (tertiary alicyclic amines) is 1. The first-order valence-electron chi connectivity index (χ1n) is 10.2. The SMILES string of the molecule is C[C@H](NC(=O)N1CCC(c2nnc3n2CCCCC3)CC1)c1ccccc1. The molecule has 3 heterocycles. The standard InChI is InChI=1S/C21H29N5O/c1-16(17-8-4-2-5-9-17)22-21(27)25-14-11-18(12-15-25)20-24-23-19-10-6-3-7-13-26(19)20/h2,4-5,8-9,16,18H,3,6-7,10-15H2,1H3,(H,22,27)/t16-/m0/s1. The van der Waals surface area contributed by atoms with Crippen LogP contribution in [0.15, 0.2) is 30.3 Å². The largest absolute Gasteiger partial charge is 0.331 e. The molecule has 2 aromatic rings. The van der Waals surface area contributed by atoms with Crippen LogP contribution in [0.3, 0.4) is 0 Å². The summed E-state index contributed by atoms with van der Waals surface area (Å²) < 4.78 is 2.35. The number of fused-ring (bicyclic) bond motifs is 1. The number of amides is 2. The van der Waals surface area contributed by atoms with E-state index in [1.165, 1.54) is 19.3 Å². The van der Waals surface area contributed by atoms with Gasteiger partial charge in [0.05, 0.1) is 6.04 Å². The van der Waals surface area contributed by atoms with Crippen LogP contribution >= 0.6 is 0 Å². The van der Waals surface area contributed by atoms with Gasteiger partial charge < -0.3 is 14.8 Å². The van der Waals surface area contributed by atoms with Crippen LogP contribution in [0.1, 0.15) is 68.2 Å². The molecule has 1 atom stereocenters. The number of benzene rings is 1. The molecule has 0 radical (unpaired) electrons. The van der Waals surface area contributed by atoms with E-state index < -0.39 is 0 Å². The number of carbonyl (C=O) groups excluding carboxylic acids is 1. The Kier molecular flexibility index (Phi) is 5.41. The quantitative estimate of drug-likeness (QED) is 0.900. The Morgan fingerprint density at radius 3 is 2.63 bits per heavy atom. The highest BCUT2D eigenvalue weighted by Gasteiger charge is 2.28. The smallest absolute Gasteiger partial charge is 0.317 e. The lowest BCUT2D eigenvalue weighted by molar-refractivity contribution is 0.177. The van der Waals surface area contributed by atoms with E-state index in [-0.39, 0.29) is 12.1 Å². The second-order valence-corrected chi connectivity index (χ2v) is 7.78. The number of carbonyl (C=O) groups is 1. The summed E-state index contributed by atoms with van der Waals surface area (Å²) >= 11 is 0. The molecule has 6 heteroatoms. The molecule has 0 unspecified atom stereocenters. The molecule has 27 heavy (non-hydrogen) atoms. The van der Waals surface area contributed by atoms with Crippen molar-refractivity contribution in [3.05, 3.63) is 47.5 Å². The van der Waals surface area contributed by atoms with Crippen LogP contribution in [0.5, 0.6) is 0 Å². The van der Waals surface area contributed by atoms with Gasteiger partial charge in [-0.2, -0.15) is 0 Å². The van der Waals surface area contributed by atoms with Gasteiger partial charge in [-0.25, -0.2) is 4.79 Å². The zero-order chi connectivity index (χ0) is 18.6. The molecule has 1 N–H and O–H groups in total. The minimum Gasteiger partial charge on any atom is -0.331 e. The maximum absolute atomic E-state index is 12.6. The number of aryl methyl sites for hydroxylation is 1. The Hall–Kier alpha value is -2.37. The molecule has 6 nitrogen and oxygen atoms in total. The average Bonchev–Trinajstić information content (AvgIpc) is 2.97. The van der Waals surface area contributed by atoms with Crippen LogP contribution in [-0.4, -0.2) is 38.8 Å². The molecule has 0 spiro atoms. The van der Waals surface area contributed by atoms with Gasteiger partial charge in [-0.05, 0) is 38.2 Å². The molecule has 4 rings (SSSR count). The number of nitrogens with one attached hydrogen (secondary N) is 1. The second kappa shape index (κ2) is 8.11. The monoisotopic (exact) mass is 367 g/mol. The number of rotatable bonds is 3. The third-order valence-corrected chi connectivity index (χ3v) is 5.92. The van der Waals surface area contributed by atoms with E-state index in [1.54, 1.807) is 0 Å². The lowest BCUT2D eigenvalue weighted by Gasteiger charge is -2.32. The molecule has 0 aliphatic carbocycles. The van der Waals surface area contributed by atoms with Gasteiger partial charge in [-0.1, -0.05) is 36.8 Å². The summed E-state index contributed by atoms with van der Waals surface area (Å²) in [4.78, 5) is 14.6. The minimum absolute atomic E-state index is 0.0173. The van der Waals surface area contributed by atoms with Gasteiger partial charge in [0.2, 0.25) is 0 Å². The average molecular weight is 367 g/mol. The highest BCUT2D eigenvalue weighted by molar-refractivity contribution is 5.74. The Balaban J connectivity index is 1.34. The minimum atomic E-state index is 0.0173. The fourth-order valence-corrected chi connectivity index (χ4v) is 4.25. The Morgan fingerprint density at radius 1 is 1.07 bits per heavy atom. The summed E-state index contributed by atoms with van der Waals surface area (Å²) in [7, 11) is 0. The fourth-order valence-electron chi connectivity index (χ4n) is 4.25. The summed E-state index contributed by atoms with van der Waals surface area (Å²) in [6.07, 6.45) is 6.69. The predicted octanol–water partition coefficient (Wildman–Crippen LogP) is 3.65. The summed E-state index contributed by atoms with van der Waals surface area (Å²) in [5.41, 5.74) is 1.13. The van der Waals surface area contributed by atoms with Crippen molar-refractivity contribution in [2.24, 2.45) is 0 Å². The van der Waals surface area contributed by atoms with Gasteiger partial charge in [0.25, 0.3) is 0 Å². The molecule has 2 amide bonds. The topological polar surface area (TPSA) is 63.1 Å². The van der Waals surface area contributed by atoms with E-state index in [4.69, 9.17) is 0 Å². The molecular formula is C21H29N5O. The number of hydrogen-bond donors (Lipinski definition) is 1. The first-order valence-corrected chi connectivity index (χ1v) is 10.2. The maximum Gasteiger partial charge on any atom is 0.317 e. The molecule has 144 valence electrons. The van der Waals surface area contributed by atoms with Crippen LogP contribution in [0.4, 0.5) is 4.79 Å². The normalized spacial score (nSPS) is 19.2. The summed E-state index contributed by atoms with van der Waals surface area (Å²) in [6.45, 7) is 4.64. The van der Waals surface area contributed by atoms with Crippen LogP contribution in [-0.2, 0) is 13.0 Å². The maximum atomic E-state index is 12.6. The third-order valence-electron chi connectivity index (χ3n) is 5.92. The van der Waals surface area contributed by atoms with Gasteiger partial charge in [-0.3, -0.25) is 0 Å². The zero-order valence-corrected chi connectivity index (χ0v) is 16.1. The predicted molar refractivity (Wildman–Crippen MR) is 105 cm³/mol. The van der Waals surface area contributed by atoms with Gasteiger partial charge in [0.15, 0.2) is 0 Å². The summed E-state index contributed by atoms with van der Waals surface area (Å²) in [5.74, 6) is 2.71. The van der Waals surface area contributed by atoms with Gasteiger partial charge >= 0.3 is 6.03 Å². The Morgan fingerprint density at radius 2 is 1.85 bits per heavy atom. The van der Waals surface area contributed by atoms with Gasteiger partial charge in [0, 0.05) is 32.0 Å². The lowest BCUT2D eigenvalue weighted by atomic mass is 9.96. The van der Waals surface area contributed by atoms with Crippen LogP contribution in [0, 0.1) is 0 Å². The molecule has 2 aliphatic rings. The zero-order valence-electron chi connectivity index (χ0n) is 16.1. The Bertz CT molecular complexity index is 764. The third kappa shape index (κ3) is 3.99. The van der Waals surface area contributed by atoms with Crippen molar-refractivity contribution in [2.75, 3.05) is 13.1 Å². The first-order chi connectivity index (χ1) is 13.2. The van der Waals surface area contributed by atoms with Gasteiger partial charge in [0.1, 0.15) is 11.6 Å². The lowest BCUT2D eigenvalue weighted by Crippen LogP contribution is -2.45. The number of aromatic nitrogens is 3. The summed E-state index contributed by atoms with van der Waals surface area (Å²) in [6, 6.07) is 10.2. The molecule has 0 saturated carbocycles. The van der Waals surface area contributed by atoms with Crippen molar-refractivity contribution < 1.29 is 4.79 Å². The number of nitrogens with zero attached hydrogens (tertiary/aromatic N) is 4. The fraction of sp³-hybridized carbons (Fsp3) is 0.571.